The molecule has 0 bridgehead atoms. The van der Waals surface area contributed by atoms with Gasteiger partial charge in [0.2, 0.25) is 10.0 Å². The van der Waals surface area contributed by atoms with Crippen LogP contribution >= 0.6 is 12.0 Å². The predicted molar refractivity (Wildman–Crippen MR) is 82.9 cm³/mol. The molecule has 9 nitrogen and oxygen atoms in total. The second-order valence-corrected chi connectivity index (χ2v) is 8.28. The van der Waals surface area contributed by atoms with Gasteiger partial charge in [0.1, 0.15) is 4.90 Å². The van der Waals surface area contributed by atoms with Crippen molar-refractivity contribution in [1.82, 2.24) is 0 Å². The third-order valence-electron chi connectivity index (χ3n) is 2.67. The van der Waals surface area contributed by atoms with Gasteiger partial charge in [0.15, 0.2) is 0 Å². The van der Waals surface area contributed by atoms with Crippen LogP contribution in [0.1, 0.15) is 0 Å². The van der Waals surface area contributed by atoms with Crippen molar-refractivity contribution in [3.63, 3.8) is 0 Å². The number of fused-ring (bicyclic) bond motifs is 1. The zero-order chi connectivity index (χ0) is 17.3. The molecule has 0 heterocycles. The van der Waals surface area contributed by atoms with E-state index in [4.69, 9.17) is 5.26 Å². The molecule has 0 atom stereocenters. The molecular weight excluding hydrogens is 370 g/mol. The molecular formula is C11H11NO8S3. The predicted octanol–water partition coefficient (Wildman–Crippen LogP) is 1.89. The van der Waals surface area contributed by atoms with Crippen LogP contribution in [0.2, 0.25) is 0 Å². The Balaban J connectivity index is 2.69. The van der Waals surface area contributed by atoms with E-state index in [-0.39, 0.29) is 21.4 Å². The largest absolute Gasteiger partial charge is 0.295 e. The maximum atomic E-state index is 11.4. The SMILES string of the molecule is CS(=O)(=O)Nc1ccc2c(S(=O)(=O)O)ccc(SOOO)c2c1. The number of hydrogen-bond acceptors (Lipinski definition) is 8. The molecule has 2 rings (SSSR count). The zero-order valence-corrected chi connectivity index (χ0v) is 13.9. The van der Waals surface area contributed by atoms with Crippen LogP contribution in [-0.4, -0.2) is 32.9 Å². The summed E-state index contributed by atoms with van der Waals surface area (Å²) in [6.07, 6.45) is 0.962. The van der Waals surface area contributed by atoms with Crippen molar-refractivity contribution in [2.24, 2.45) is 0 Å². The Morgan fingerprint density at radius 1 is 1.09 bits per heavy atom. The van der Waals surface area contributed by atoms with Crippen LogP contribution in [0.4, 0.5) is 5.69 Å². The van der Waals surface area contributed by atoms with E-state index in [1.807, 2.05) is 0 Å². The summed E-state index contributed by atoms with van der Waals surface area (Å²) in [7, 11) is -8.02. The number of sulfonamides is 1. The Labute approximate surface area is 136 Å². The van der Waals surface area contributed by atoms with Crippen molar-refractivity contribution in [1.29, 1.82) is 0 Å². The fraction of sp³-hybridized carbons (Fsp3) is 0.0909. The van der Waals surface area contributed by atoms with E-state index in [1.54, 1.807) is 0 Å². The first-order chi connectivity index (χ1) is 10.6. The first kappa shape index (κ1) is 17.9. The van der Waals surface area contributed by atoms with Crippen molar-refractivity contribution in [3.05, 3.63) is 30.3 Å². The van der Waals surface area contributed by atoms with Gasteiger partial charge in [-0.25, -0.2) is 13.7 Å². The molecule has 0 fully saturated rings. The van der Waals surface area contributed by atoms with Gasteiger partial charge in [0.25, 0.3) is 10.1 Å². The maximum Gasteiger partial charge on any atom is 0.295 e. The third kappa shape index (κ3) is 4.54. The summed E-state index contributed by atoms with van der Waals surface area (Å²) in [5.41, 5.74) is 0.180. The highest BCUT2D eigenvalue weighted by Gasteiger charge is 2.17. The van der Waals surface area contributed by atoms with Crippen LogP contribution in [-0.2, 0) is 29.5 Å². The lowest BCUT2D eigenvalue weighted by molar-refractivity contribution is -0.432. The Hall–Kier alpha value is -1.41. The van der Waals surface area contributed by atoms with E-state index < -0.39 is 20.1 Å². The summed E-state index contributed by atoms with van der Waals surface area (Å²) >= 11 is 0.570. The number of nitrogens with one attached hydrogen (secondary N) is 1. The smallest absolute Gasteiger partial charge is 0.284 e. The van der Waals surface area contributed by atoms with Crippen molar-refractivity contribution >= 4 is 48.6 Å². The van der Waals surface area contributed by atoms with E-state index in [1.165, 1.54) is 24.3 Å². The lowest BCUT2D eigenvalue weighted by Gasteiger charge is -2.10. The number of rotatable bonds is 6. The monoisotopic (exact) mass is 381 g/mol. The summed E-state index contributed by atoms with van der Waals surface area (Å²) in [6, 6.07) is 6.48. The van der Waals surface area contributed by atoms with Gasteiger partial charge in [-0.05, 0) is 24.3 Å². The molecule has 0 unspecified atom stereocenters. The molecule has 0 aromatic heterocycles. The minimum absolute atomic E-state index is 0.137. The fourth-order valence-electron chi connectivity index (χ4n) is 1.92. The average Bonchev–Trinajstić information content (AvgIpc) is 2.41. The van der Waals surface area contributed by atoms with Crippen LogP contribution < -0.4 is 4.72 Å². The second-order valence-electron chi connectivity index (χ2n) is 4.40. The molecule has 0 aliphatic heterocycles. The molecule has 0 aliphatic rings. The first-order valence-electron chi connectivity index (χ1n) is 5.78. The molecule has 12 heteroatoms. The molecule has 0 spiro atoms. The highest BCUT2D eigenvalue weighted by Crippen LogP contribution is 2.34. The zero-order valence-electron chi connectivity index (χ0n) is 11.5. The van der Waals surface area contributed by atoms with Gasteiger partial charge in [-0.2, -0.15) is 8.42 Å². The number of anilines is 1. The fourth-order valence-corrected chi connectivity index (χ4v) is 3.66. The summed E-state index contributed by atoms with van der Waals surface area (Å²) in [5, 5.41) is 12.1. The average molecular weight is 381 g/mol. The van der Waals surface area contributed by atoms with Gasteiger partial charge in [-0.15, -0.1) is 4.33 Å². The van der Waals surface area contributed by atoms with Crippen molar-refractivity contribution in [2.45, 2.75) is 9.79 Å². The Bertz CT molecular complexity index is 939. The Morgan fingerprint density at radius 3 is 2.35 bits per heavy atom. The highest BCUT2D eigenvalue weighted by atomic mass is 32.2. The molecule has 3 N–H and O–H groups in total. The van der Waals surface area contributed by atoms with E-state index in [2.05, 4.69) is 14.1 Å². The second kappa shape index (κ2) is 6.60. The van der Waals surface area contributed by atoms with Crippen molar-refractivity contribution < 1.29 is 36.0 Å². The normalized spacial score (nSPS) is 12.5. The molecule has 126 valence electrons. The topological polar surface area (TPSA) is 139 Å². The van der Waals surface area contributed by atoms with Crippen LogP contribution in [0.5, 0.6) is 0 Å². The van der Waals surface area contributed by atoms with Crippen molar-refractivity contribution in [2.75, 3.05) is 11.0 Å². The quantitative estimate of drug-likeness (QED) is 0.296. The van der Waals surface area contributed by atoms with Crippen molar-refractivity contribution in [3.8, 4) is 0 Å². The molecule has 23 heavy (non-hydrogen) atoms. The van der Waals surface area contributed by atoms with Gasteiger partial charge in [-0.1, -0.05) is 11.1 Å². The van der Waals surface area contributed by atoms with E-state index in [0.717, 1.165) is 12.3 Å². The maximum absolute atomic E-state index is 11.4. The molecule has 0 saturated heterocycles. The molecule has 0 amide bonds. The van der Waals surface area contributed by atoms with Gasteiger partial charge in [0.05, 0.1) is 18.3 Å². The minimum Gasteiger partial charge on any atom is -0.284 e. The van der Waals surface area contributed by atoms with Gasteiger partial charge >= 0.3 is 0 Å². The standard InChI is InChI=1S/C11H11NO8S3/c1-22(14,15)12-7-2-3-8-9(6-7)10(21-20-19-13)4-5-11(8)23(16,17)18/h2-6,12-13H,1H3,(H,16,17,18). The summed E-state index contributed by atoms with van der Waals surface area (Å²) in [5.74, 6) is 0. The van der Waals surface area contributed by atoms with E-state index in [9.17, 15) is 21.4 Å². The number of hydrogen-bond donors (Lipinski definition) is 3. The summed E-state index contributed by atoms with van der Waals surface area (Å²) in [6.45, 7) is 0. The third-order valence-corrected chi connectivity index (χ3v) is 4.85. The van der Waals surface area contributed by atoms with Crippen LogP contribution in [0.3, 0.4) is 0 Å². The van der Waals surface area contributed by atoms with Crippen LogP contribution in [0.25, 0.3) is 10.8 Å². The molecule has 2 aromatic carbocycles. The van der Waals surface area contributed by atoms with E-state index >= 15 is 0 Å². The lowest BCUT2D eigenvalue weighted by atomic mass is 10.1. The van der Waals surface area contributed by atoms with Gasteiger partial charge < -0.3 is 0 Å². The van der Waals surface area contributed by atoms with Gasteiger partial charge in [-0.3, -0.25) is 9.27 Å². The lowest BCUT2D eigenvalue weighted by Crippen LogP contribution is -2.09. The highest BCUT2D eigenvalue weighted by molar-refractivity contribution is 7.94. The molecule has 0 saturated carbocycles. The molecule has 0 aliphatic carbocycles. The molecule has 2 aromatic rings. The van der Waals surface area contributed by atoms with Crippen LogP contribution in [0, 0.1) is 0 Å². The van der Waals surface area contributed by atoms with E-state index in [0.29, 0.717) is 16.9 Å². The Morgan fingerprint density at radius 2 is 1.78 bits per heavy atom. The summed E-state index contributed by atoms with van der Waals surface area (Å²) < 4.78 is 61.3. The minimum atomic E-state index is -4.48. The van der Waals surface area contributed by atoms with Gasteiger partial charge in [0, 0.05) is 21.4 Å². The van der Waals surface area contributed by atoms with Crippen LogP contribution in [0.15, 0.2) is 40.1 Å². The number of benzene rings is 2. The molecule has 0 radical (unpaired) electrons. The summed E-state index contributed by atoms with van der Waals surface area (Å²) in [4.78, 5) is -0.0359. The first-order valence-corrected chi connectivity index (χ1v) is 9.86. The Kier molecular flexibility index (Phi) is 5.15.